The molecule has 0 amide bonds. The second-order valence-electron chi connectivity index (χ2n) is 8.55. The summed E-state index contributed by atoms with van der Waals surface area (Å²) in [6.07, 6.45) is 31.2. The molecule has 2 heteroatoms. The van der Waals surface area contributed by atoms with Crippen molar-refractivity contribution >= 4 is 7.92 Å². The molecule has 0 spiro atoms. The summed E-state index contributed by atoms with van der Waals surface area (Å²) in [5.74, 6) is 0. The van der Waals surface area contributed by atoms with Crippen LogP contribution >= 0.6 is 7.92 Å². The summed E-state index contributed by atoms with van der Waals surface area (Å²) in [5.41, 5.74) is 4.85. The zero-order chi connectivity index (χ0) is 21.1. The van der Waals surface area contributed by atoms with Crippen molar-refractivity contribution in [2.45, 2.75) is 143 Å². The van der Waals surface area contributed by atoms with Gasteiger partial charge in [0.05, 0.1) is 0 Å². The lowest BCUT2D eigenvalue weighted by molar-refractivity contribution is 0.617. The number of hydrogen-bond donors (Lipinski definition) is 1. The molecule has 0 unspecified atom stereocenters. The summed E-state index contributed by atoms with van der Waals surface area (Å²) in [7, 11) is 0.366. The molecule has 0 atom stereocenters. The summed E-state index contributed by atoms with van der Waals surface area (Å²) in [4.78, 5) is 0. The highest BCUT2D eigenvalue weighted by atomic mass is 31.1. The predicted octanol–water partition coefficient (Wildman–Crippen LogP) is 9.51. The summed E-state index contributed by atoms with van der Waals surface area (Å²) in [6.45, 7) is 9.61. The van der Waals surface area contributed by atoms with Crippen molar-refractivity contribution in [1.29, 1.82) is 0 Å². The van der Waals surface area contributed by atoms with Crippen LogP contribution in [0, 0.1) is 0 Å². The SMILES string of the molecule is CCCCCCCCP(CCCCCCCC)CCCCCCCC.CCN. The lowest BCUT2D eigenvalue weighted by Gasteiger charge is -2.18. The van der Waals surface area contributed by atoms with Crippen LogP contribution in [0.2, 0.25) is 0 Å². The Morgan fingerprint density at radius 2 is 0.607 bits per heavy atom. The smallest absolute Gasteiger partial charge is 0.0106 e. The molecule has 2 N–H and O–H groups in total. The highest BCUT2D eigenvalue weighted by Crippen LogP contribution is 2.39. The van der Waals surface area contributed by atoms with Crippen molar-refractivity contribution in [3.8, 4) is 0 Å². The topological polar surface area (TPSA) is 26.0 Å². The van der Waals surface area contributed by atoms with Crippen LogP contribution in [0.1, 0.15) is 143 Å². The third kappa shape index (κ3) is 28.6. The monoisotopic (exact) mass is 415 g/mol. The van der Waals surface area contributed by atoms with Gasteiger partial charge in [-0.1, -0.05) is 124 Å². The molecule has 0 aliphatic carbocycles. The molecule has 0 radical (unpaired) electrons. The van der Waals surface area contributed by atoms with Crippen LogP contribution in [0.5, 0.6) is 0 Å². The fraction of sp³-hybridized carbons (Fsp3) is 1.00. The van der Waals surface area contributed by atoms with E-state index in [0.29, 0.717) is 7.92 Å². The maximum atomic E-state index is 4.85. The number of nitrogens with two attached hydrogens (primary N) is 1. The van der Waals surface area contributed by atoms with Gasteiger partial charge in [-0.2, -0.15) is 0 Å². The molecule has 0 rings (SSSR count). The van der Waals surface area contributed by atoms with Crippen LogP contribution in [0.25, 0.3) is 0 Å². The third-order valence-electron chi connectivity index (χ3n) is 5.48. The van der Waals surface area contributed by atoms with E-state index < -0.39 is 0 Å². The van der Waals surface area contributed by atoms with Crippen LogP contribution in [-0.2, 0) is 0 Å². The van der Waals surface area contributed by atoms with Crippen LogP contribution in [-0.4, -0.2) is 25.0 Å². The van der Waals surface area contributed by atoms with Gasteiger partial charge in [0, 0.05) is 0 Å². The largest absolute Gasteiger partial charge is 0.331 e. The van der Waals surface area contributed by atoms with Crippen LogP contribution in [0.4, 0.5) is 0 Å². The average molecular weight is 416 g/mol. The van der Waals surface area contributed by atoms with E-state index in [0.717, 1.165) is 6.54 Å². The van der Waals surface area contributed by atoms with Crippen molar-refractivity contribution in [2.75, 3.05) is 25.0 Å². The van der Waals surface area contributed by atoms with Crippen molar-refractivity contribution in [3.05, 3.63) is 0 Å². The first-order chi connectivity index (χ1) is 13.8. The molecular formula is C26H58NP. The summed E-state index contributed by atoms with van der Waals surface area (Å²) in [5, 5.41) is 0. The van der Waals surface area contributed by atoms with Gasteiger partial charge in [-0.15, -0.1) is 7.92 Å². The minimum Gasteiger partial charge on any atom is -0.331 e. The van der Waals surface area contributed by atoms with Crippen LogP contribution < -0.4 is 5.73 Å². The maximum absolute atomic E-state index is 4.85. The fourth-order valence-corrected chi connectivity index (χ4v) is 6.37. The van der Waals surface area contributed by atoms with Gasteiger partial charge in [-0.05, 0) is 44.3 Å². The Morgan fingerprint density at radius 1 is 0.393 bits per heavy atom. The Bertz CT molecular complexity index is 207. The number of rotatable bonds is 21. The third-order valence-corrected chi connectivity index (χ3v) is 8.33. The molecule has 172 valence electrons. The molecule has 0 aromatic carbocycles. The predicted molar refractivity (Wildman–Crippen MR) is 136 cm³/mol. The van der Waals surface area contributed by atoms with Gasteiger partial charge in [-0.25, -0.2) is 0 Å². The van der Waals surface area contributed by atoms with E-state index >= 15 is 0 Å². The average Bonchev–Trinajstić information content (AvgIpc) is 2.69. The molecule has 28 heavy (non-hydrogen) atoms. The quantitative estimate of drug-likeness (QED) is 0.146. The Balaban J connectivity index is 0. The summed E-state index contributed by atoms with van der Waals surface area (Å²) < 4.78 is 0. The van der Waals surface area contributed by atoms with Gasteiger partial charge in [0.2, 0.25) is 0 Å². The van der Waals surface area contributed by atoms with E-state index in [4.69, 9.17) is 5.73 Å². The molecule has 0 saturated carbocycles. The van der Waals surface area contributed by atoms with E-state index in [1.807, 2.05) is 6.92 Å². The van der Waals surface area contributed by atoms with Gasteiger partial charge in [0.25, 0.3) is 0 Å². The Labute approximate surface area is 182 Å². The number of unbranched alkanes of at least 4 members (excludes halogenated alkanes) is 15. The molecule has 0 fully saturated rings. The highest BCUT2D eigenvalue weighted by molar-refractivity contribution is 7.57. The van der Waals surface area contributed by atoms with Gasteiger partial charge in [0.15, 0.2) is 0 Å². The molecule has 0 aliphatic rings. The fourth-order valence-electron chi connectivity index (χ4n) is 3.68. The van der Waals surface area contributed by atoms with Crippen LogP contribution in [0.15, 0.2) is 0 Å². The summed E-state index contributed by atoms with van der Waals surface area (Å²) >= 11 is 0. The Kier molecular flexibility index (Phi) is 32.3. The van der Waals surface area contributed by atoms with Crippen molar-refractivity contribution < 1.29 is 0 Å². The second-order valence-corrected chi connectivity index (χ2v) is 11.2. The lowest BCUT2D eigenvalue weighted by atomic mass is 10.1. The standard InChI is InChI=1S/C24H51P.C2H7N/c1-4-7-10-13-16-19-22-25(23-20-17-14-11-8-5-2)24-21-18-15-12-9-6-3;1-2-3/h4-24H2,1-3H3;2-3H2,1H3. The van der Waals surface area contributed by atoms with Gasteiger partial charge < -0.3 is 5.73 Å². The zero-order valence-electron chi connectivity index (χ0n) is 20.6. The van der Waals surface area contributed by atoms with Crippen molar-refractivity contribution in [1.82, 2.24) is 0 Å². The normalized spacial score (nSPS) is 10.9. The first-order valence-corrected chi connectivity index (χ1v) is 15.1. The first-order valence-electron chi connectivity index (χ1n) is 13.2. The molecule has 0 bridgehead atoms. The lowest BCUT2D eigenvalue weighted by Crippen LogP contribution is -1.97. The van der Waals surface area contributed by atoms with Crippen molar-refractivity contribution in [3.63, 3.8) is 0 Å². The molecule has 0 aromatic heterocycles. The maximum Gasteiger partial charge on any atom is -0.0106 e. The minimum absolute atomic E-state index is 0.366. The Hall–Kier alpha value is 0.390. The second kappa shape index (κ2) is 29.6. The minimum atomic E-state index is 0.366. The first kappa shape index (κ1) is 30.6. The van der Waals surface area contributed by atoms with Crippen LogP contribution in [0.3, 0.4) is 0 Å². The number of hydrogen-bond acceptors (Lipinski definition) is 1. The summed E-state index contributed by atoms with van der Waals surface area (Å²) in [6, 6.07) is 0. The van der Waals surface area contributed by atoms with E-state index in [1.54, 1.807) is 18.5 Å². The van der Waals surface area contributed by atoms with Gasteiger partial charge in [-0.3, -0.25) is 0 Å². The zero-order valence-corrected chi connectivity index (χ0v) is 21.5. The van der Waals surface area contributed by atoms with E-state index in [2.05, 4.69) is 20.8 Å². The van der Waals surface area contributed by atoms with Gasteiger partial charge in [0.1, 0.15) is 0 Å². The highest BCUT2D eigenvalue weighted by Gasteiger charge is 2.07. The van der Waals surface area contributed by atoms with E-state index in [1.165, 1.54) is 116 Å². The molecule has 0 heterocycles. The molecular weight excluding hydrogens is 357 g/mol. The molecule has 1 nitrogen and oxygen atoms in total. The van der Waals surface area contributed by atoms with Gasteiger partial charge >= 0.3 is 0 Å². The van der Waals surface area contributed by atoms with E-state index in [9.17, 15) is 0 Å². The van der Waals surface area contributed by atoms with E-state index in [-0.39, 0.29) is 0 Å². The van der Waals surface area contributed by atoms with Crippen molar-refractivity contribution in [2.24, 2.45) is 5.73 Å². The Morgan fingerprint density at radius 3 is 0.857 bits per heavy atom. The molecule has 0 saturated heterocycles. The molecule has 0 aromatic rings. The molecule has 0 aliphatic heterocycles.